The van der Waals surface area contributed by atoms with E-state index in [2.05, 4.69) is 23.1 Å². The molecule has 1 fully saturated rings. The van der Waals surface area contributed by atoms with Crippen LogP contribution in [0, 0.1) is 0 Å². The van der Waals surface area contributed by atoms with Crippen molar-refractivity contribution < 1.29 is 13.2 Å². The van der Waals surface area contributed by atoms with Crippen molar-refractivity contribution in [3.05, 3.63) is 29.3 Å². The van der Waals surface area contributed by atoms with Crippen molar-refractivity contribution in [3.63, 3.8) is 0 Å². The molecule has 0 amide bonds. The van der Waals surface area contributed by atoms with Crippen LogP contribution >= 0.6 is 0 Å². The number of hydrogen-bond donors (Lipinski definition) is 0. The third kappa shape index (κ3) is 2.83. The van der Waals surface area contributed by atoms with Gasteiger partial charge in [-0.1, -0.05) is 12.1 Å². The Morgan fingerprint density at radius 3 is 3.05 bits per heavy atom. The molecule has 4 nitrogen and oxygen atoms in total. The largest absolute Gasteiger partial charge is 0.493 e. The maximum Gasteiger partial charge on any atom is 0.155 e. The van der Waals surface area contributed by atoms with Crippen molar-refractivity contribution in [1.82, 2.24) is 4.90 Å². The second kappa shape index (κ2) is 5.37. The van der Waals surface area contributed by atoms with E-state index in [4.69, 9.17) is 4.74 Å². The van der Waals surface area contributed by atoms with E-state index in [1.165, 1.54) is 11.1 Å². The van der Waals surface area contributed by atoms with E-state index < -0.39 is 9.84 Å². The SMILES string of the molecule is C[C@H]1CN(CCc2ccc3c(c2)CCO3)CCS1(=O)=O. The van der Waals surface area contributed by atoms with Gasteiger partial charge >= 0.3 is 0 Å². The lowest BCUT2D eigenvalue weighted by atomic mass is 10.1. The Bertz CT molecular complexity index is 597. The zero-order valence-electron chi connectivity index (χ0n) is 11.8. The standard InChI is InChI=1S/C15H21NO3S/c1-12-11-16(7-9-20(12,17)18)6-4-13-2-3-15-14(10-13)5-8-19-15/h2-3,10,12H,4-9,11H2,1H3/t12-/m0/s1. The first-order valence-electron chi connectivity index (χ1n) is 7.23. The summed E-state index contributed by atoms with van der Waals surface area (Å²) in [5.41, 5.74) is 2.62. The smallest absolute Gasteiger partial charge is 0.155 e. The first-order chi connectivity index (χ1) is 9.54. The van der Waals surface area contributed by atoms with Gasteiger partial charge in [0.05, 0.1) is 17.6 Å². The van der Waals surface area contributed by atoms with Gasteiger partial charge in [-0.05, 0) is 30.5 Å². The fourth-order valence-corrected chi connectivity index (χ4v) is 4.26. The van der Waals surface area contributed by atoms with Gasteiger partial charge < -0.3 is 9.64 Å². The lowest BCUT2D eigenvalue weighted by Gasteiger charge is -2.30. The van der Waals surface area contributed by atoms with Gasteiger partial charge in [-0.15, -0.1) is 0 Å². The first kappa shape index (κ1) is 13.9. The molecule has 2 heterocycles. The summed E-state index contributed by atoms with van der Waals surface area (Å²) in [7, 11) is -2.84. The number of fused-ring (bicyclic) bond motifs is 1. The molecule has 3 rings (SSSR count). The lowest BCUT2D eigenvalue weighted by molar-refractivity contribution is 0.281. The molecule has 2 aliphatic heterocycles. The minimum Gasteiger partial charge on any atom is -0.493 e. The molecule has 2 aliphatic rings. The Balaban J connectivity index is 1.58. The Kier molecular flexibility index (Phi) is 3.73. The molecule has 1 saturated heterocycles. The van der Waals surface area contributed by atoms with Crippen molar-refractivity contribution >= 4 is 9.84 Å². The maximum atomic E-state index is 11.7. The molecule has 0 aliphatic carbocycles. The van der Waals surface area contributed by atoms with E-state index in [0.29, 0.717) is 18.8 Å². The molecule has 0 unspecified atom stereocenters. The fraction of sp³-hybridized carbons (Fsp3) is 0.600. The highest BCUT2D eigenvalue weighted by atomic mass is 32.2. The van der Waals surface area contributed by atoms with Gasteiger partial charge in [0.2, 0.25) is 0 Å². The van der Waals surface area contributed by atoms with E-state index in [1.807, 2.05) is 6.92 Å². The van der Waals surface area contributed by atoms with Crippen LogP contribution < -0.4 is 4.74 Å². The Morgan fingerprint density at radius 1 is 1.40 bits per heavy atom. The Morgan fingerprint density at radius 2 is 2.25 bits per heavy atom. The number of nitrogens with zero attached hydrogens (tertiary/aromatic N) is 1. The average molecular weight is 295 g/mol. The highest BCUT2D eigenvalue weighted by Crippen LogP contribution is 2.26. The van der Waals surface area contributed by atoms with Gasteiger partial charge in [0.15, 0.2) is 9.84 Å². The van der Waals surface area contributed by atoms with Crippen molar-refractivity contribution in [1.29, 1.82) is 0 Å². The van der Waals surface area contributed by atoms with Crippen LogP contribution in [-0.4, -0.2) is 50.6 Å². The molecule has 20 heavy (non-hydrogen) atoms. The normalized spacial score (nSPS) is 25.1. The van der Waals surface area contributed by atoms with Crippen molar-refractivity contribution in [2.45, 2.75) is 25.0 Å². The molecule has 1 aromatic rings. The van der Waals surface area contributed by atoms with Crippen molar-refractivity contribution in [3.8, 4) is 5.75 Å². The molecule has 0 radical (unpaired) electrons. The fourth-order valence-electron chi connectivity index (χ4n) is 2.91. The van der Waals surface area contributed by atoms with Gasteiger partial charge in [-0.3, -0.25) is 0 Å². The zero-order valence-corrected chi connectivity index (χ0v) is 12.7. The third-order valence-electron chi connectivity index (χ3n) is 4.29. The lowest BCUT2D eigenvalue weighted by Crippen LogP contribution is -2.46. The predicted octanol–water partition coefficient (Wildman–Crippen LogP) is 1.28. The van der Waals surface area contributed by atoms with Gasteiger partial charge in [-0.2, -0.15) is 0 Å². The highest BCUT2D eigenvalue weighted by molar-refractivity contribution is 7.92. The number of rotatable bonds is 3. The zero-order chi connectivity index (χ0) is 14.2. The quantitative estimate of drug-likeness (QED) is 0.843. The summed E-state index contributed by atoms with van der Waals surface area (Å²) >= 11 is 0. The average Bonchev–Trinajstić information content (AvgIpc) is 2.88. The molecule has 0 N–H and O–H groups in total. The summed E-state index contributed by atoms with van der Waals surface area (Å²) in [6, 6.07) is 6.40. The van der Waals surface area contributed by atoms with Crippen molar-refractivity contribution in [2.24, 2.45) is 0 Å². The Hall–Kier alpha value is -1.07. The molecular weight excluding hydrogens is 274 g/mol. The molecule has 0 spiro atoms. The molecule has 0 bridgehead atoms. The summed E-state index contributed by atoms with van der Waals surface area (Å²) in [5.74, 6) is 1.32. The van der Waals surface area contributed by atoms with Gasteiger partial charge in [-0.25, -0.2) is 8.42 Å². The summed E-state index contributed by atoms with van der Waals surface area (Å²) < 4.78 is 28.9. The highest BCUT2D eigenvalue weighted by Gasteiger charge is 2.28. The summed E-state index contributed by atoms with van der Waals surface area (Å²) in [6.07, 6.45) is 1.97. The van der Waals surface area contributed by atoms with Crippen LogP contribution in [0.3, 0.4) is 0 Å². The molecule has 0 saturated carbocycles. The van der Waals surface area contributed by atoms with Crippen LogP contribution in [0.5, 0.6) is 5.75 Å². The van der Waals surface area contributed by atoms with Crippen LogP contribution in [0.4, 0.5) is 0 Å². The Labute approximate surface area is 120 Å². The van der Waals surface area contributed by atoms with Crippen LogP contribution in [0.1, 0.15) is 18.1 Å². The third-order valence-corrected chi connectivity index (χ3v) is 6.42. The molecule has 1 aromatic carbocycles. The number of ether oxygens (including phenoxy) is 1. The molecule has 1 atom stereocenters. The minimum atomic E-state index is -2.84. The van der Waals surface area contributed by atoms with Crippen molar-refractivity contribution in [2.75, 3.05) is 32.0 Å². The minimum absolute atomic E-state index is 0.232. The molecule has 0 aromatic heterocycles. The summed E-state index contributed by atoms with van der Waals surface area (Å²) in [4.78, 5) is 2.26. The van der Waals surface area contributed by atoms with Gasteiger partial charge in [0.1, 0.15) is 5.75 Å². The molecule has 110 valence electrons. The van der Waals surface area contributed by atoms with Crippen LogP contribution in [-0.2, 0) is 22.7 Å². The summed E-state index contributed by atoms with van der Waals surface area (Å²) in [5, 5.41) is -0.232. The predicted molar refractivity (Wildman–Crippen MR) is 79.0 cm³/mol. The number of sulfone groups is 1. The topological polar surface area (TPSA) is 46.6 Å². The first-order valence-corrected chi connectivity index (χ1v) is 8.95. The number of hydrogen-bond acceptors (Lipinski definition) is 4. The van der Waals surface area contributed by atoms with E-state index >= 15 is 0 Å². The van der Waals surface area contributed by atoms with E-state index in [-0.39, 0.29) is 5.25 Å². The van der Waals surface area contributed by atoms with Crippen LogP contribution in [0.15, 0.2) is 18.2 Å². The van der Waals surface area contributed by atoms with Gasteiger partial charge in [0.25, 0.3) is 0 Å². The summed E-state index contributed by atoms with van der Waals surface area (Å²) in [6.45, 7) is 4.87. The second-order valence-electron chi connectivity index (χ2n) is 5.77. The van der Waals surface area contributed by atoms with E-state index in [0.717, 1.165) is 31.7 Å². The van der Waals surface area contributed by atoms with Crippen LogP contribution in [0.2, 0.25) is 0 Å². The van der Waals surface area contributed by atoms with E-state index in [1.54, 1.807) is 0 Å². The maximum absolute atomic E-state index is 11.7. The molecule has 5 heteroatoms. The van der Waals surface area contributed by atoms with E-state index in [9.17, 15) is 8.42 Å². The van der Waals surface area contributed by atoms with Gasteiger partial charge in [0, 0.05) is 26.1 Å². The molecular formula is C15H21NO3S. The second-order valence-corrected chi connectivity index (χ2v) is 8.31. The monoisotopic (exact) mass is 295 g/mol. The van der Waals surface area contributed by atoms with Crippen LogP contribution in [0.25, 0.3) is 0 Å². The number of benzene rings is 1.